The molecule has 2 aliphatic rings. The van der Waals surface area contributed by atoms with Crippen molar-refractivity contribution in [3.8, 4) is 17.2 Å². The maximum absolute atomic E-state index is 12.8. The average Bonchev–Trinajstić information content (AvgIpc) is 2.95. The molecule has 1 amide bonds. The highest BCUT2D eigenvalue weighted by atomic mass is 16.5. The Kier molecular flexibility index (Phi) is 7.04. The number of aromatic nitrogens is 1. The molecule has 0 unspecified atom stereocenters. The van der Waals surface area contributed by atoms with Gasteiger partial charge < -0.3 is 19.4 Å². The largest absolute Gasteiger partial charge is 0.492 e. The Morgan fingerprint density at radius 2 is 1.84 bits per heavy atom. The van der Waals surface area contributed by atoms with Crippen molar-refractivity contribution < 1.29 is 18.7 Å². The van der Waals surface area contributed by atoms with Gasteiger partial charge in [0.1, 0.15) is 23.6 Å². The number of carbonyl (C=O) groups excluding carboxylic acids is 2. The van der Waals surface area contributed by atoms with E-state index >= 15 is 0 Å². The molecule has 1 N–H and O–H groups in total. The monoisotopic (exact) mass is 509 g/mol. The lowest BCUT2D eigenvalue weighted by Gasteiger charge is -2.21. The van der Waals surface area contributed by atoms with Crippen LogP contribution in [0, 0.1) is 0 Å². The van der Waals surface area contributed by atoms with Crippen LogP contribution in [0.4, 0.5) is 5.69 Å². The summed E-state index contributed by atoms with van der Waals surface area (Å²) in [4.78, 5) is 43.4. The summed E-state index contributed by atoms with van der Waals surface area (Å²) in [6.45, 7) is 6.37. The number of amides is 1. The normalized spacial score (nSPS) is 11.1. The molecule has 1 aliphatic carbocycles. The summed E-state index contributed by atoms with van der Waals surface area (Å²) >= 11 is 0. The van der Waals surface area contributed by atoms with Crippen molar-refractivity contribution in [2.45, 2.75) is 13.8 Å². The van der Waals surface area contributed by atoms with E-state index < -0.39 is 0 Å². The predicted octanol–water partition coefficient (Wildman–Crippen LogP) is 4.91. The van der Waals surface area contributed by atoms with Gasteiger partial charge >= 0.3 is 0 Å². The maximum Gasteiger partial charge on any atom is 0.252 e. The Hall–Kier alpha value is -4.72. The fourth-order valence-corrected chi connectivity index (χ4v) is 4.55. The lowest BCUT2D eigenvalue weighted by atomic mass is 10.0. The minimum absolute atomic E-state index is 0.162. The smallest absolute Gasteiger partial charge is 0.252 e. The Morgan fingerprint density at radius 3 is 2.63 bits per heavy atom. The molecule has 8 nitrogen and oxygen atoms in total. The number of hydrogen-bond donors (Lipinski definition) is 1. The Bertz CT molecular complexity index is 1670. The molecule has 38 heavy (non-hydrogen) atoms. The van der Waals surface area contributed by atoms with Crippen LogP contribution in [-0.2, 0) is 0 Å². The third kappa shape index (κ3) is 4.80. The van der Waals surface area contributed by atoms with E-state index in [0.29, 0.717) is 56.5 Å². The van der Waals surface area contributed by atoms with Crippen LogP contribution in [0.15, 0.2) is 75.9 Å². The highest BCUT2D eigenvalue weighted by molar-refractivity contribution is 6.01. The van der Waals surface area contributed by atoms with E-state index in [4.69, 9.17) is 14.1 Å². The summed E-state index contributed by atoms with van der Waals surface area (Å²) < 4.78 is 12.0. The van der Waals surface area contributed by atoms with E-state index in [1.807, 2.05) is 18.2 Å². The van der Waals surface area contributed by atoms with Gasteiger partial charge in [0.2, 0.25) is 0 Å². The van der Waals surface area contributed by atoms with Crippen molar-refractivity contribution in [2.24, 2.45) is 0 Å². The standard InChI is InChI=1S/C30H27N3O5/c1-3-33(4-2)20-9-12-25-27(15-20)38-28-17-26(35)23-11-10-21(16-24(23)29(28)32-25)37-14-13-31-30(36)22-8-6-5-7-19(22)18-34/h5-12,15-18H,3-4,13-14H2,1-2H3,(H,31,36). The van der Waals surface area contributed by atoms with E-state index in [9.17, 15) is 14.4 Å². The number of fused-ring (bicyclic) bond motifs is 4. The van der Waals surface area contributed by atoms with Crippen molar-refractivity contribution in [1.29, 1.82) is 0 Å². The van der Waals surface area contributed by atoms with Gasteiger partial charge in [-0.05, 0) is 50.2 Å². The van der Waals surface area contributed by atoms with Crippen LogP contribution in [0.5, 0.6) is 5.75 Å². The molecule has 3 aromatic rings. The Balaban J connectivity index is 1.39. The number of anilines is 1. The number of ether oxygens (including phenoxy) is 1. The van der Waals surface area contributed by atoms with Crippen LogP contribution in [0.2, 0.25) is 0 Å². The van der Waals surface area contributed by atoms with E-state index in [1.165, 1.54) is 6.07 Å². The zero-order chi connectivity index (χ0) is 26.6. The van der Waals surface area contributed by atoms with Crippen molar-refractivity contribution in [3.63, 3.8) is 0 Å². The number of benzene rings is 4. The topological polar surface area (TPSA) is 102 Å². The second-order valence-electron chi connectivity index (χ2n) is 8.78. The van der Waals surface area contributed by atoms with Crippen LogP contribution >= 0.6 is 0 Å². The fourth-order valence-electron chi connectivity index (χ4n) is 4.55. The van der Waals surface area contributed by atoms with Crippen molar-refractivity contribution in [1.82, 2.24) is 10.3 Å². The number of rotatable bonds is 9. The molecule has 0 radical (unpaired) electrons. The van der Waals surface area contributed by atoms with Crippen LogP contribution in [0.1, 0.15) is 34.6 Å². The maximum atomic E-state index is 12.8. The van der Waals surface area contributed by atoms with Crippen molar-refractivity contribution >= 4 is 39.8 Å². The van der Waals surface area contributed by atoms with Gasteiger partial charge in [0.15, 0.2) is 23.1 Å². The summed E-state index contributed by atoms with van der Waals surface area (Å²) in [6, 6.07) is 19.2. The molecule has 1 aliphatic heterocycles. The number of carbonyl (C=O) groups is 2. The summed E-state index contributed by atoms with van der Waals surface area (Å²) in [7, 11) is 0. The first kappa shape index (κ1) is 25.0. The van der Waals surface area contributed by atoms with E-state index in [-0.39, 0.29) is 24.5 Å². The third-order valence-electron chi connectivity index (χ3n) is 6.52. The quantitative estimate of drug-likeness (QED) is 0.130. The summed E-state index contributed by atoms with van der Waals surface area (Å²) in [5.74, 6) is 0.592. The Morgan fingerprint density at radius 1 is 1.03 bits per heavy atom. The van der Waals surface area contributed by atoms with Crippen LogP contribution < -0.4 is 20.4 Å². The molecule has 3 aromatic carbocycles. The zero-order valence-corrected chi connectivity index (χ0v) is 21.2. The molecule has 5 rings (SSSR count). The first-order valence-corrected chi connectivity index (χ1v) is 12.5. The SMILES string of the molecule is CCN(CC)c1ccc2nc3c4cc(OCCNC(=O)c5ccccc5C=O)ccc4c(=O)cc-3oc2c1. The average molecular weight is 510 g/mol. The molecule has 0 bridgehead atoms. The second-order valence-corrected chi connectivity index (χ2v) is 8.78. The first-order chi connectivity index (χ1) is 18.5. The van der Waals surface area contributed by atoms with Gasteiger partial charge in [-0.3, -0.25) is 14.4 Å². The number of hydrogen-bond acceptors (Lipinski definition) is 7. The van der Waals surface area contributed by atoms with Crippen LogP contribution in [0.25, 0.3) is 33.3 Å². The first-order valence-electron chi connectivity index (χ1n) is 12.5. The molecule has 0 fully saturated rings. The van der Waals surface area contributed by atoms with Crippen LogP contribution in [-0.4, -0.2) is 43.4 Å². The minimum Gasteiger partial charge on any atom is -0.492 e. The molecule has 0 saturated carbocycles. The third-order valence-corrected chi connectivity index (χ3v) is 6.52. The van der Waals surface area contributed by atoms with Gasteiger partial charge in [-0.25, -0.2) is 4.98 Å². The van der Waals surface area contributed by atoms with Gasteiger partial charge in [0, 0.05) is 52.8 Å². The lowest BCUT2D eigenvalue weighted by Crippen LogP contribution is -2.28. The molecule has 0 saturated heterocycles. The van der Waals surface area contributed by atoms with Crippen molar-refractivity contribution in [2.75, 3.05) is 31.1 Å². The number of aldehydes is 1. The van der Waals surface area contributed by atoms with E-state index in [0.717, 1.165) is 18.8 Å². The molecular formula is C30H27N3O5. The second kappa shape index (κ2) is 10.7. The summed E-state index contributed by atoms with van der Waals surface area (Å²) in [5, 5.41) is 3.91. The minimum atomic E-state index is -0.348. The van der Waals surface area contributed by atoms with Gasteiger partial charge in [-0.1, -0.05) is 18.2 Å². The predicted molar refractivity (Wildman–Crippen MR) is 148 cm³/mol. The van der Waals surface area contributed by atoms with E-state index in [1.54, 1.807) is 42.5 Å². The van der Waals surface area contributed by atoms with Gasteiger partial charge in [-0.2, -0.15) is 0 Å². The molecule has 0 aromatic heterocycles. The lowest BCUT2D eigenvalue weighted by molar-refractivity contribution is 0.0941. The molecular weight excluding hydrogens is 482 g/mol. The highest BCUT2D eigenvalue weighted by Crippen LogP contribution is 2.33. The summed E-state index contributed by atoms with van der Waals surface area (Å²) in [5.41, 5.74) is 3.40. The van der Waals surface area contributed by atoms with Gasteiger partial charge in [-0.15, -0.1) is 0 Å². The van der Waals surface area contributed by atoms with Gasteiger partial charge in [0.25, 0.3) is 5.91 Å². The molecule has 0 spiro atoms. The molecule has 1 heterocycles. The van der Waals surface area contributed by atoms with Crippen LogP contribution in [0.3, 0.4) is 0 Å². The fraction of sp³-hybridized carbons (Fsp3) is 0.200. The molecule has 0 atom stereocenters. The number of nitrogens with zero attached hydrogens (tertiary/aromatic N) is 2. The Labute approximate surface area is 219 Å². The molecule has 8 heteroatoms. The number of nitrogens with one attached hydrogen (secondary N) is 1. The highest BCUT2D eigenvalue weighted by Gasteiger charge is 2.17. The van der Waals surface area contributed by atoms with E-state index in [2.05, 4.69) is 24.1 Å². The van der Waals surface area contributed by atoms with Crippen molar-refractivity contribution in [3.05, 3.63) is 88.1 Å². The zero-order valence-electron chi connectivity index (χ0n) is 21.2. The summed E-state index contributed by atoms with van der Waals surface area (Å²) in [6.07, 6.45) is 0.655. The van der Waals surface area contributed by atoms with Gasteiger partial charge in [0.05, 0.1) is 6.54 Å². The molecule has 192 valence electrons.